The third kappa shape index (κ3) is 4.03. The first kappa shape index (κ1) is 19.2. The van der Waals surface area contributed by atoms with Crippen LogP contribution in [0.5, 0.6) is 0 Å². The predicted octanol–water partition coefficient (Wildman–Crippen LogP) is 3.80. The van der Waals surface area contributed by atoms with Crippen LogP contribution >= 0.6 is 0 Å². The summed E-state index contributed by atoms with van der Waals surface area (Å²) in [6.07, 6.45) is -0.959. The Labute approximate surface area is 163 Å². The number of nitrogens with one attached hydrogen (secondary N) is 1. The summed E-state index contributed by atoms with van der Waals surface area (Å²) in [7, 11) is 1.79. The molecule has 1 heterocycles. The number of hydrogen-bond donors (Lipinski definition) is 2. The molecule has 0 saturated carbocycles. The van der Waals surface area contributed by atoms with Crippen LogP contribution in [0.1, 0.15) is 34.6 Å². The molecule has 7 nitrogen and oxygen atoms in total. The van der Waals surface area contributed by atoms with E-state index in [2.05, 4.69) is 10.4 Å². The van der Waals surface area contributed by atoms with E-state index in [0.29, 0.717) is 22.6 Å². The van der Waals surface area contributed by atoms with Gasteiger partial charge in [-0.1, -0.05) is 42.5 Å². The fourth-order valence-electron chi connectivity index (χ4n) is 3.02. The van der Waals surface area contributed by atoms with Crippen molar-refractivity contribution in [3.8, 4) is 11.3 Å². The first-order valence-electron chi connectivity index (χ1n) is 8.83. The Hall–Kier alpha value is -3.61. The number of hydrogen-bond acceptors (Lipinski definition) is 4. The number of benzene rings is 2. The van der Waals surface area contributed by atoms with Gasteiger partial charge in [0, 0.05) is 18.2 Å². The topological polar surface area (TPSA) is 99.2 Å². The zero-order valence-electron chi connectivity index (χ0n) is 16.0. The van der Waals surface area contributed by atoms with E-state index in [4.69, 9.17) is 10.5 Å². The molecule has 7 heteroatoms. The summed E-state index contributed by atoms with van der Waals surface area (Å²) < 4.78 is 7.17. The summed E-state index contributed by atoms with van der Waals surface area (Å²) in [6, 6.07) is 16.3. The summed E-state index contributed by atoms with van der Waals surface area (Å²) >= 11 is 0. The highest BCUT2D eigenvalue weighted by Crippen LogP contribution is 2.31. The molecule has 0 spiro atoms. The van der Waals surface area contributed by atoms with Gasteiger partial charge in [0.1, 0.15) is 6.10 Å². The van der Waals surface area contributed by atoms with Gasteiger partial charge in [0.15, 0.2) is 0 Å². The van der Waals surface area contributed by atoms with Gasteiger partial charge in [-0.2, -0.15) is 5.10 Å². The SMILES string of the molecule is Cc1nn(C)c(-c2ccc(C(N)=O)cc2)c1NC(=O)O[C@H](C)c1ccccc1. The van der Waals surface area contributed by atoms with E-state index in [0.717, 1.165) is 11.1 Å². The molecule has 0 bridgehead atoms. The molecule has 28 heavy (non-hydrogen) atoms. The number of rotatable bonds is 5. The van der Waals surface area contributed by atoms with Gasteiger partial charge < -0.3 is 10.5 Å². The van der Waals surface area contributed by atoms with Gasteiger partial charge in [0.05, 0.1) is 17.1 Å². The first-order valence-corrected chi connectivity index (χ1v) is 8.83. The largest absolute Gasteiger partial charge is 0.441 e. The van der Waals surface area contributed by atoms with Crippen molar-refractivity contribution in [2.24, 2.45) is 12.8 Å². The van der Waals surface area contributed by atoms with Crippen molar-refractivity contribution in [3.05, 3.63) is 71.4 Å². The monoisotopic (exact) mass is 378 g/mol. The van der Waals surface area contributed by atoms with E-state index >= 15 is 0 Å². The Morgan fingerprint density at radius 2 is 1.75 bits per heavy atom. The van der Waals surface area contributed by atoms with Crippen LogP contribution in [-0.2, 0) is 11.8 Å². The van der Waals surface area contributed by atoms with Gasteiger partial charge in [-0.15, -0.1) is 0 Å². The van der Waals surface area contributed by atoms with Crippen molar-refractivity contribution in [2.75, 3.05) is 5.32 Å². The van der Waals surface area contributed by atoms with Crippen molar-refractivity contribution in [2.45, 2.75) is 20.0 Å². The lowest BCUT2D eigenvalue weighted by Crippen LogP contribution is -2.17. The van der Waals surface area contributed by atoms with E-state index < -0.39 is 18.1 Å². The molecule has 0 unspecified atom stereocenters. The molecule has 144 valence electrons. The molecular formula is C21H22N4O3. The molecule has 3 rings (SSSR count). The van der Waals surface area contributed by atoms with Gasteiger partial charge in [-0.05, 0) is 31.5 Å². The highest BCUT2D eigenvalue weighted by molar-refractivity contribution is 5.94. The molecule has 2 amide bonds. The number of anilines is 1. The second-order valence-corrected chi connectivity index (χ2v) is 6.46. The van der Waals surface area contributed by atoms with Crippen molar-refractivity contribution < 1.29 is 14.3 Å². The predicted molar refractivity (Wildman–Crippen MR) is 107 cm³/mol. The van der Waals surface area contributed by atoms with Crippen molar-refractivity contribution in [1.29, 1.82) is 0 Å². The number of aromatic nitrogens is 2. The smallest absolute Gasteiger partial charge is 0.412 e. The highest BCUT2D eigenvalue weighted by Gasteiger charge is 2.20. The van der Waals surface area contributed by atoms with Crippen LogP contribution in [0.3, 0.4) is 0 Å². The summed E-state index contributed by atoms with van der Waals surface area (Å²) in [5.74, 6) is -0.496. The maximum Gasteiger partial charge on any atom is 0.412 e. The Morgan fingerprint density at radius 1 is 1.11 bits per heavy atom. The number of aryl methyl sites for hydroxylation is 2. The minimum Gasteiger partial charge on any atom is -0.441 e. The number of primary amides is 1. The van der Waals surface area contributed by atoms with Crippen LogP contribution in [0.4, 0.5) is 10.5 Å². The lowest BCUT2D eigenvalue weighted by Gasteiger charge is -2.15. The summed E-state index contributed by atoms with van der Waals surface area (Å²) in [4.78, 5) is 23.7. The zero-order valence-corrected chi connectivity index (χ0v) is 16.0. The molecule has 0 aliphatic carbocycles. The second-order valence-electron chi connectivity index (χ2n) is 6.46. The Morgan fingerprint density at radius 3 is 2.36 bits per heavy atom. The van der Waals surface area contributed by atoms with E-state index in [1.54, 1.807) is 42.9 Å². The molecule has 2 aromatic carbocycles. The molecular weight excluding hydrogens is 356 g/mol. The molecule has 3 aromatic rings. The van der Waals surface area contributed by atoms with E-state index in [1.165, 1.54) is 0 Å². The average Bonchev–Trinajstić information content (AvgIpc) is 2.95. The highest BCUT2D eigenvalue weighted by atomic mass is 16.6. The van der Waals surface area contributed by atoms with Crippen molar-refractivity contribution in [3.63, 3.8) is 0 Å². The number of amides is 2. The van der Waals surface area contributed by atoms with Crippen LogP contribution in [0.2, 0.25) is 0 Å². The van der Waals surface area contributed by atoms with Gasteiger partial charge in [0.25, 0.3) is 0 Å². The maximum atomic E-state index is 12.5. The van der Waals surface area contributed by atoms with Gasteiger partial charge >= 0.3 is 6.09 Å². The fraction of sp³-hybridized carbons (Fsp3) is 0.190. The molecule has 0 fully saturated rings. The number of ether oxygens (including phenoxy) is 1. The lowest BCUT2D eigenvalue weighted by atomic mass is 10.1. The maximum absolute atomic E-state index is 12.5. The van der Waals surface area contributed by atoms with Crippen LogP contribution in [0.15, 0.2) is 54.6 Å². The quantitative estimate of drug-likeness (QED) is 0.705. The third-order valence-corrected chi connectivity index (χ3v) is 4.44. The van der Waals surface area contributed by atoms with Crippen LogP contribution in [0.25, 0.3) is 11.3 Å². The number of nitrogens with two attached hydrogens (primary N) is 1. The zero-order chi connectivity index (χ0) is 20.3. The average molecular weight is 378 g/mol. The van der Waals surface area contributed by atoms with E-state index in [1.807, 2.05) is 37.3 Å². The van der Waals surface area contributed by atoms with E-state index in [-0.39, 0.29) is 0 Å². The molecule has 3 N–H and O–H groups in total. The lowest BCUT2D eigenvalue weighted by molar-refractivity contribution is 0.1000. The number of carbonyl (C=O) groups is 2. The fourth-order valence-corrected chi connectivity index (χ4v) is 3.02. The summed E-state index contributed by atoms with van der Waals surface area (Å²) in [5.41, 5.74) is 9.32. The Kier molecular flexibility index (Phi) is 5.44. The number of carbonyl (C=O) groups excluding carboxylic acids is 2. The molecule has 1 aromatic heterocycles. The second kappa shape index (κ2) is 7.96. The van der Waals surface area contributed by atoms with Crippen molar-refractivity contribution in [1.82, 2.24) is 9.78 Å². The van der Waals surface area contributed by atoms with Crippen molar-refractivity contribution >= 4 is 17.7 Å². The third-order valence-electron chi connectivity index (χ3n) is 4.44. The molecule has 1 atom stereocenters. The molecule has 0 saturated heterocycles. The molecule has 0 aliphatic heterocycles. The van der Waals surface area contributed by atoms with E-state index in [9.17, 15) is 9.59 Å². The van der Waals surface area contributed by atoms with Gasteiger partial charge in [-0.3, -0.25) is 14.8 Å². The van der Waals surface area contributed by atoms with Gasteiger partial charge in [-0.25, -0.2) is 4.79 Å². The minimum absolute atomic E-state index is 0.392. The molecule has 0 aliphatic rings. The van der Waals surface area contributed by atoms with Gasteiger partial charge in [0.2, 0.25) is 5.91 Å². The normalized spacial score (nSPS) is 11.7. The Bertz CT molecular complexity index is 994. The Balaban J connectivity index is 1.82. The number of nitrogens with zero attached hydrogens (tertiary/aromatic N) is 2. The first-order chi connectivity index (χ1) is 13.4. The summed E-state index contributed by atoms with van der Waals surface area (Å²) in [5, 5.41) is 7.19. The minimum atomic E-state index is -0.567. The van der Waals surface area contributed by atoms with Crippen LogP contribution in [-0.4, -0.2) is 21.8 Å². The van der Waals surface area contributed by atoms with Crippen LogP contribution < -0.4 is 11.1 Å². The summed E-state index contributed by atoms with van der Waals surface area (Å²) in [6.45, 7) is 3.62. The van der Waals surface area contributed by atoms with Crippen LogP contribution in [0, 0.1) is 6.92 Å². The standard InChI is InChI=1S/C21H22N4O3/c1-13-18(23-21(27)28-14(2)15-7-5-4-6-8-15)19(25(3)24-13)16-9-11-17(12-10-16)20(22)26/h4-12,14H,1-3H3,(H2,22,26)(H,23,27)/t14-/m1/s1. The molecule has 0 radical (unpaired) electrons.